The average molecular weight is 242 g/mol. The Morgan fingerprint density at radius 3 is 2.62 bits per heavy atom. The third-order valence-electron chi connectivity index (χ3n) is 2.24. The molecule has 0 spiro atoms. The van der Waals surface area contributed by atoms with Crippen molar-refractivity contribution >= 4 is 11.6 Å². The highest BCUT2D eigenvalue weighted by molar-refractivity contribution is 6.30. The van der Waals surface area contributed by atoms with Crippen LogP contribution in [0.3, 0.4) is 0 Å². The van der Waals surface area contributed by atoms with E-state index in [2.05, 4.69) is 0 Å². The maximum absolute atomic E-state index is 9.79. The SMILES string of the molecule is N#Cc1ccc(Cl)cc1C(O)C(O)CCO. The number of aliphatic hydroxyl groups is 3. The number of hydrogen-bond donors (Lipinski definition) is 3. The summed E-state index contributed by atoms with van der Waals surface area (Å²) in [6, 6.07) is 6.36. The summed E-state index contributed by atoms with van der Waals surface area (Å²) in [7, 11) is 0. The maximum atomic E-state index is 9.79. The van der Waals surface area contributed by atoms with E-state index in [1.165, 1.54) is 18.2 Å². The van der Waals surface area contributed by atoms with Crippen molar-refractivity contribution in [3.63, 3.8) is 0 Å². The number of nitriles is 1. The largest absolute Gasteiger partial charge is 0.396 e. The fourth-order valence-corrected chi connectivity index (χ4v) is 1.56. The van der Waals surface area contributed by atoms with Crippen LogP contribution in [-0.2, 0) is 0 Å². The second kappa shape index (κ2) is 5.83. The molecule has 0 amide bonds. The minimum Gasteiger partial charge on any atom is -0.396 e. The second-order valence-electron chi connectivity index (χ2n) is 3.37. The van der Waals surface area contributed by atoms with E-state index in [9.17, 15) is 10.2 Å². The van der Waals surface area contributed by atoms with E-state index in [4.69, 9.17) is 22.0 Å². The van der Waals surface area contributed by atoms with Crippen molar-refractivity contribution in [3.05, 3.63) is 34.3 Å². The quantitative estimate of drug-likeness (QED) is 0.734. The van der Waals surface area contributed by atoms with Crippen molar-refractivity contribution in [3.8, 4) is 6.07 Å². The number of benzene rings is 1. The molecule has 86 valence electrons. The van der Waals surface area contributed by atoms with Crippen LogP contribution in [-0.4, -0.2) is 28.0 Å². The van der Waals surface area contributed by atoms with Gasteiger partial charge in [0.1, 0.15) is 6.10 Å². The lowest BCUT2D eigenvalue weighted by molar-refractivity contribution is 0.00408. The lowest BCUT2D eigenvalue weighted by Crippen LogP contribution is -2.20. The molecule has 2 unspecified atom stereocenters. The Balaban J connectivity index is 3.02. The van der Waals surface area contributed by atoms with Gasteiger partial charge in [0.15, 0.2) is 0 Å². The van der Waals surface area contributed by atoms with E-state index < -0.39 is 12.2 Å². The molecule has 2 atom stereocenters. The van der Waals surface area contributed by atoms with Gasteiger partial charge in [0.2, 0.25) is 0 Å². The molecule has 3 N–H and O–H groups in total. The number of aliphatic hydroxyl groups excluding tert-OH is 3. The highest BCUT2D eigenvalue weighted by Crippen LogP contribution is 2.25. The summed E-state index contributed by atoms with van der Waals surface area (Å²) < 4.78 is 0. The van der Waals surface area contributed by atoms with Gasteiger partial charge >= 0.3 is 0 Å². The minimum absolute atomic E-state index is 0.0402. The fourth-order valence-electron chi connectivity index (χ4n) is 1.38. The van der Waals surface area contributed by atoms with Gasteiger partial charge in [0, 0.05) is 17.2 Å². The van der Waals surface area contributed by atoms with Crippen LogP contribution in [0.2, 0.25) is 5.02 Å². The molecule has 1 aromatic rings. The molecule has 0 bridgehead atoms. The van der Waals surface area contributed by atoms with Crippen molar-refractivity contribution in [2.45, 2.75) is 18.6 Å². The Bertz CT molecular complexity index is 403. The first-order valence-corrected chi connectivity index (χ1v) is 5.14. The Labute approximate surface area is 98.3 Å². The molecular formula is C11H12ClNO3. The number of rotatable bonds is 4. The zero-order valence-electron chi connectivity index (χ0n) is 8.47. The number of halogens is 1. The molecule has 1 aromatic carbocycles. The predicted octanol–water partition coefficient (Wildman–Crippen LogP) is 0.988. The molecule has 0 saturated heterocycles. The van der Waals surface area contributed by atoms with Crippen molar-refractivity contribution in [2.24, 2.45) is 0 Å². The van der Waals surface area contributed by atoms with Crippen molar-refractivity contribution < 1.29 is 15.3 Å². The van der Waals surface area contributed by atoms with Gasteiger partial charge in [0.05, 0.1) is 17.7 Å². The Kier molecular flexibility index (Phi) is 4.71. The summed E-state index contributed by atoms with van der Waals surface area (Å²) in [6.07, 6.45) is -2.30. The van der Waals surface area contributed by atoms with Crippen LogP contribution in [0.1, 0.15) is 23.7 Å². The summed E-state index contributed by atoms with van der Waals surface area (Å²) in [6.45, 7) is -0.235. The molecular weight excluding hydrogens is 230 g/mol. The van der Waals surface area contributed by atoms with Crippen LogP contribution < -0.4 is 0 Å². The zero-order chi connectivity index (χ0) is 12.1. The molecule has 0 saturated carbocycles. The third-order valence-corrected chi connectivity index (χ3v) is 2.48. The molecule has 0 radical (unpaired) electrons. The van der Waals surface area contributed by atoms with Gasteiger partial charge in [0.25, 0.3) is 0 Å². The molecule has 0 aromatic heterocycles. The van der Waals surface area contributed by atoms with Gasteiger partial charge < -0.3 is 15.3 Å². The van der Waals surface area contributed by atoms with E-state index in [1.807, 2.05) is 6.07 Å². The van der Waals surface area contributed by atoms with Gasteiger partial charge in [-0.2, -0.15) is 5.26 Å². The van der Waals surface area contributed by atoms with Gasteiger partial charge in [-0.1, -0.05) is 11.6 Å². The average Bonchev–Trinajstić information content (AvgIpc) is 2.28. The minimum atomic E-state index is -1.22. The highest BCUT2D eigenvalue weighted by atomic mass is 35.5. The molecule has 4 nitrogen and oxygen atoms in total. The molecule has 0 fully saturated rings. The van der Waals surface area contributed by atoms with E-state index in [0.29, 0.717) is 5.02 Å². The van der Waals surface area contributed by atoms with Crippen molar-refractivity contribution in [1.82, 2.24) is 0 Å². The first-order valence-electron chi connectivity index (χ1n) is 4.76. The summed E-state index contributed by atoms with van der Waals surface area (Å²) in [4.78, 5) is 0. The van der Waals surface area contributed by atoms with Crippen LogP contribution in [0.15, 0.2) is 18.2 Å². The van der Waals surface area contributed by atoms with E-state index in [-0.39, 0.29) is 24.2 Å². The highest BCUT2D eigenvalue weighted by Gasteiger charge is 2.21. The molecule has 0 aliphatic heterocycles. The van der Waals surface area contributed by atoms with Gasteiger partial charge in [-0.05, 0) is 24.6 Å². The monoisotopic (exact) mass is 241 g/mol. The second-order valence-corrected chi connectivity index (χ2v) is 3.80. The Morgan fingerprint density at radius 2 is 2.06 bits per heavy atom. The summed E-state index contributed by atoms with van der Waals surface area (Å²) in [5, 5.41) is 37.2. The van der Waals surface area contributed by atoms with Crippen LogP contribution >= 0.6 is 11.6 Å². The van der Waals surface area contributed by atoms with Crippen LogP contribution in [0.5, 0.6) is 0 Å². The molecule has 1 rings (SSSR count). The van der Waals surface area contributed by atoms with Gasteiger partial charge in [-0.3, -0.25) is 0 Å². The van der Waals surface area contributed by atoms with E-state index >= 15 is 0 Å². The summed E-state index contributed by atoms with van der Waals surface area (Å²) in [5.41, 5.74) is 0.532. The smallest absolute Gasteiger partial charge is 0.106 e. The number of hydrogen-bond acceptors (Lipinski definition) is 4. The third kappa shape index (κ3) is 2.94. The van der Waals surface area contributed by atoms with Crippen LogP contribution in [0.25, 0.3) is 0 Å². The topological polar surface area (TPSA) is 84.5 Å². The first kappa shape index (κ1) is 12.9. The molecule has 0 aliphatic carbocycles. The normalized spacial score (nSPS) is 14.2. The first-order chi connectivity index (χ1) is 7.60. The van der Waals surface area contributed by atoms with Crippen LogP contribution in [0, 0.1) is 11.3 Å². The van der Waals surface area contributed by atoms with Gasteiger partial charge in [-0.15, -0.1) is 0 Å². The molecule has 0 aliphatic rings. The molecule has 0 heterocycles. The zero-order valence-corrected chi connectivity index (χ0v) is 9.22. The van der Waals surface area contributed by atoms with Crippen molar-refractivity contribution in [2.75, 3.05) is 6.61 Å². The standard InChI is InChI=1S/C11H12ClNO3/c12-8-2-1-7(6-13)9(5-8)11(16)10(15)3-4-14/h1-2,5,10-11,14-16H,3-4H2. The Hall–Kier alpha value is -1.12. The molecule has 16 heavy (non-hydrogen) atoms. The summed E-state index contributed by atoms with van der Waals surface area (Å²) in [5.74, 6) is 0. The molecule has 5 heteroatoms. The van der Waals surface area contributed by atoms with Crippen molar-refractivity contribution in [1.29, 1.82) is 5.26 Å². The Morgan fingerprint density at radius 1 is 1.38 bits per heavy atom. The van der Waals surface area contributed by atoms with Gasteiger partial charge in [-0.25, -0.2) is 0 Å². The lowest BCUT2D eigenvalue weighted by atomic mass is 9.98. The van der Waals surface area contributed by atoms with Crippen LogP contribution in [0.4, 0.5) is 0 Å². The fraction of sp³-hybridized carbons (Fsp3) is 0.364. The van der Waals surface area contributed by atoms with E-state index in [1.54, 1.807) is 0 Å². The van der Waals surface area contributed by atoms with E-state index in [0.717, 1.165) is 0 Å². The number of nitrogens with zero attached hydrogens (tertiary/aromatic N) is 1. The lowest BCUT2D eigenvalue weighted by Gasteiger charge is -2.18. The summed E-state index contributed by atoms with van der Waals surface area (Å²) >= 11 is 5.75. The maximum Gasteiger partial charge on any atom is 0.106 e. The predicted molar refractivity (Wildman–Crippen MR) is 58.8 cm³/mol.